The van der Waals surface area contributed by atoms with Gasteiger partial charge in [-0.1, -0.05) is 0 Å². The molecule has 0 amide bonds. The Morgan fingerprint density at radius 2 is 2.00 bits per heavy atom. The highest BCUT2D eigenvalue weighted by Crippen LogP contribution is 2.44. The molecule has 4 rings (SSSR count). The van der Waals surface area contributed by atoms with Crippen LogP contribution in [0.3, 0.4) is 0 Å². The molecule has 4 N–H and O–H groups in total. The maximum absolute atomic E-state index is 12.2. The predicted octanol–water partition coefficient (Wildman–Crippen LogP) is -1.04. The number of fused-ring (bicyclic) bond motifs is 7. The summed E-state index contributed by atoms with van der Waals surface area (Å²) in [5, 5.41) is 3.00. The van der Waals surface area contributed by atoms with Gasteiger partial charge < -0.3 is 25.3 Å². The van der Waals surface area contributed by atoms with Gasteiger partial charge in [-0.15, -0.1) is 0 Å². The molecular weight excluding hydrogens is 280 g/mol. The van der Waals surface area contributed by atoms with E-state index in [1.165, 1.54) is 4.57 Å². The van der Waals surface area contributed by atoms with E-state index in [0.717, 1.165) is 0 Å². The van der Waals surface area contributed by atoms with Gasteiger partial charge in [0, 0.05) is 6.54 Å². The minimum Gasteiger partial charge on any atom is -0.391 e. The normalized spacial score (nSPS) is 35.7. The van der Waals surface area contributed by atoms with Crippen LogP contribution in [0, 0.1) is 0 Å². The fourth-order valence-corrected chi connectivity index (χ4v) is 3.22. The zero-order valence-corrected chi connectivity index (χ0v) is 11.6. The summed E-state index contributed by atoms with van der Waals surface area (Å²) in [5.41, 5.74) is 4.53. The largest absolute Gasteiger partial charge is 0.391 e. The standard InChI is InChI=1S/C12H16N4O5/c1-12(2)20-6-4-3-14-8-5(13)9(17)15-11(18)16(8)10(19-4)7(6)21-12/h4,6-7,10,14H,3,13H2,1-2H3,(H,15,17,18)/t4-,6+,7?,10-/m1/s1. The van der Waals surface area contributed by atoms with Gasteiger partial charge in [-0.2, -0.15) is 0 Å². The third-order valence-corrected chi connectivity index (χ3v) is 4.03. The maximum Gasteiger partial charge on any atom is 0.332 e. The number of nitrogens with zero attached hydrogens (tertiary/aromatic N) is 1. The van der Waals surface area contributed by atoms with Crippen LogP contribution < -0.4 is 22.3 Å². The molecule has 2 fully saturated rings. The number of aromatic nitrogens is 2. The summed E-state index contributed by atoms with van der Waals surface area (Å²) >= 11 is 0. The average Bonchev–Trinajstić information content (AvgIpc) is 2.78. The molecule has 4 heterocycles. The molecule has 0 radical (unpaired) electrons. The van der Waals surface area contributed by atoms with Crippen LogP contribution in [0.1, 0.15) is 20.1 Å². The van der Waals surface area contributed by atoms with Gasteiger partial charge in [-0.05, 0) is 13.8 Å². The van der Waals surface area contributed by atoms with Crippen molar-refractivity contribution in [1.29, 1.82) is 0 Å². The summed E-state index contributed by atoms with van der Waals surface area (Å²) in [6.45, 7) is 4.01. The number of nitrogens with one attached hydrogen (secondary N) is 2. The fourth-order valence-electron chi connectivity index (χ4n) is 3.22. The van der Waals surface area contributed by atoms with Gasteiger partial charge in [-0.3, -0.25) is 9.78 Å². The van der Waals surface area contributed by atoms with Crippen LogP contribution in [0.2, 0.25) is 0 Å². The molecular formula is C12H16N4O5. The van der Waals surface area contributed by atoms with E-state index >= 15 is 0 Å². The Labute approximate surface area is 119 Å². The molecule has 9 heteroatoms. The molecule has 3 aliphatic heterocycles. The Morgan fingerprint density at radius 1 is 1.29 bits per heavy atom. The molecule has 2 saturated heterocycles. The molecule has 0 saturated carbocycles. The lowest BCUT2D eigenvalue weighted by atomic mass is 10.1. The molecule has 0 spiro atoms. The second-order valence-corrected chi connectivity index (χ2v) is 5.90. The highest BCUT2D eigenvalue weighted by atomic mass is 16.8. The monoisotopic (exact) mass is 296 g/mol. The van der Waals surface area contributed by atoms with E-state index in [1.54, 1.807) is 0 Å². The van der Waals surface area contributed by atoms with Crippen LogP contribution >= 0.6 is 0 Å². The smallest absolute Gasteiger partial charge is 0.332 e. The molecule has 114 valence electrons. The Bertz CT molecular complexity index is 723. The van der Waals surface area contributed by atoms with Gasteiger partial charge in [0.1, 0.15) is 29.8 Å². The van der Waals surface area contributed by atoms with Crippen molar-refractivity contribution in [2.24, 2.45) is 0 Å². The van der Waals surface area contributed by atoms with Gasteiger partial charge in [-0.25, -0.2) is 9.36 Å². The fraction of sp³-hybridized carbons (Fsp3) is 0.667. The maximum atomic E-state index is 12.2. The minimum atomic E-state index is -0.739. The van der Waals surface area contributed by atoms with Crippen LogP contribution in [0.15, 0.2) is 9.59 Å². The first kappa shape index (κ1) is 12.9. The van der Waals surface area contributed by atoms with Crippen LogP contribution in [-0.4, -0.2) is 40.2 Å². The molecule has 1 unspecified atom stereocenters. The number of ether oxygens (including phenoxy) is 3. The number of rotatable bonds is 0. The first-order valence-corrected chi connectivity index (χ1v) is 6.77. The van der Waals surface area contributed by atoms with Crippen LogP contribution in [0.25, 0.3) is 0 Å². The van der Waals surface area contributed by atoms with Gasteiger partial charge in [0.2, 0.25) is 0 Å². The molecule has 2 bridgehead atoms. The SMILES string of the molecule is CC1(C)OC2[C@@H](O1)[C@H]1CNc3c(N)c(=O)[nH]c(=O)n3[C@@H]2O1. The third-order valence-electron chi connectivity index (χ3n) is 4.03. The number of hydrogen-bond donors (Lipinski definition) is 3. The van der Waals surface area contributed by atoms with Gasteiger partial charge in [0.25, 0.3) is 5.56 Å². The Kier molecular flexibility index (Phi) is 2.37. The van der Waals surface area contributed by atoms with Crippen LogP contribution in [0.5, 0.6) is 0 Å². The molecule has 0 aliphatic carbocycles. The lowest BCUT2D eigenvalue weighted by molar-refractivity contribution is -0.194. The summed E-state index contributed by atoms with van der Waals surface area (Å²) in [6.07, 6.45) is -1.66. The Hall–Kier alpha value is -1.84. The van der Waals surface area contributed by atoms with Crippen LogP contribution in [0.4, 0.5) is 11.5 Å². The average molecular weight is 296 g/mol. The van der Waals surface area contributed by atoms with Crippen molar-refractivity contribution in [1.82, 2.24) is 9.55 Å². The lowest BCUT2D eigenvalue weighted by Crippen LogP contribution is -2.41. The zero-order valence-electron chi connectivity index (χ0n) is 11.6. The molecule has 0 aromatic carbocycles. The molecule has 21 heavy (non-hydrogen) atoms. The van der Waals surface area contributed by atoms with E-state index in [4.69, 9.17) is 19.9 Å². The number of anilines is 2. The summed E-state index contributed by atoms with van der Waals surface area (Å²) in [6, 6.07) is 0. The molecule has 1 aromatic heterocycles. The minimum absolute atomic E-state index is 0.0412. The van der Waals surface area contributed by atoms with Crippen molar-refractivity contribution in [2.75, 3.05) is 17.6 Å². The number of H-pyrrole nitrogens is 1. The van der Waals surface area contributed by atoms with Gasteiger partial charge >= 0.3 is 5.69 Å². The summed E-state index contributed by atoms with van der Waals surface area (Å²) in [5.74, 6) is -0.472. The van der Waals surface area contributed by atoms with Gasteiger partial charge in [0.15, 0.2) is 12.0 Å². The van der Waals surface area contributed by atoms with Crippen LogP contribution in [-0.2, 0) is 14.2 Å². The molecule has 4 atom stereocenters. The van der Waals surface area contributed by atoms with E-state index in [-0.39, 0.29) is 23.7 Å². The predicted molar refractivity (Wildman–Crippen MR) is 72.0 cm³/mol. The topological polar surface area (TPSA) is 121 Å². The Balaban J connectivity index is 1.89. The first-order chi connectivity index (χ1) is 9.87. The van der Waals surface area contributed by atoms with E-state index in [2.05, 4.69) is 10.3 Å². The molecule has 9 nitrogen and oxygen atoms in total. The van der Waals surface area contributed by atoms with E-state index in [1.807, 2.05) is 13.8 Å². The third kappa shape index (κ3) is 1.68. The van der Waals surface area contributed by atoms with E-state index in [9.17, 15) is 9.59 Å². The van der Waals surface area contributed by atoms with Crippen molar-refractivity contribution in [3.05, 3.63) is 20.8 Å². The number of hydrogen-bond acceptors (Lipinski definition) is 7. The van der Waals surface area contributed by atoms with Crippen molar-refractivity contribution >= 4 is 11.5 Å². The lowest BCUT2D eigenvalue weighted by Gasteiger charge is -2.23. The van der Waals surface area contributed by atoms with Crippen molar-refractivity contribution < 1.29 is 14.2 Å². The highest BCUT2D eigenvalue weighted by Gasteiger charge is 2.57. The van der Waals surface area contributed by atoms with E-state index in [0.29, 0.717) is 6.54 Å². The second-order valence-electron chi connectivity index (χ2n) is 5.90. The van der Waals surface area contributed by atoms with E-state index < -0.39 is 29.4 Å². The van der Waals surface area contributed by atoms with Crippen molar-refractivity contribution in [2.45, 2.75) is 44.2 Å². The summed E-state index contributed by atoms with van der Waals surface area (Å²) in [7, 11) is 0. The zero-order chi connectivity index (χ0) is 14.9. The highest BCUT2D eigenvalue weighted by molar-refractivity contribution is 5.60. The Morgan fingerprint density at radius 3 is 2.76 bits per heavy atom. The van der Waals surface area contributed by atoms with Crippen molar-refractivity contribution in [3.63, 3.8) is 0 Å². The number of nitrogen functional groups attached to an aromatic ring is 1. The first-order valence-electron chi connectivity index (χ1n) is 6.77. The quantitative estimate of drug-likeness (QED) is 0.559. The number of nitrogens with two attached hydrogens (primary N) is 1. The summed E-state index contributed by atoms with van der Waals surface area (Å²) < 4.78 is 18.9. The second kappa shape index (κ2) is 3.87. The van der Waals surface area contributed by atoms with Gasteiger partial charge in [0.05, 0.1) is 0 Å². The molecule has 3 aliphatic rings. The van der Waals surface area contributed by atoms with Crippen molar-refractivity contribution in [3.8, 4) is 0 Å². The molecule has 1 aromatic rings. The summed E-state index contributed by atoms with van der Waals surface area (Å²) in [4.78, 5) is 26.0. The number of aromatic amines is 1.